The lowest BCUT2D eigenvalue weighted by Gasteiger charge is -2.12. The van der Waals surface area contributed by atoms with Crippen LogP contribution in [0.2, 0.25) is 5.02 Å². The number of nitrogens with one attached hydrogen (secondary N) is 1. The van der Waals surface area contributed by atoms with Gasteiger partial charge in [-0.05, 0) is 67.8 Å². The maximum Gasteiger partial charge on any atom is 0.147 e. The van der Waals surface area contributed by atoms with Crippen LogP contribution < -0.4 is 10.1 Å². The Bertz CT molecular complexity index is 690. The zero-order valence-corrected chi connectivity index (χ0v) is 15.0. The first-order chi connectivity index (χ1) is 10.0. The molecule has 2 rings (SSSR count). The van der Waals surface area contributed by atoms with E-state index in [0.717, 1.165) is 25.9 Å². The molecular formula is C15H11Br2ClN2O. The van der Waals surface area contributed by atoms with Gasteiger partial charge in [0.05, 0.1) is 38.4 Å². The highest BCUT2D eigenvalue weighted by molar-refractivity contribution is 9.11. The fourth-order valence-corrected chi connectivity index (χ4v) is 3.63. The number of anilines is 1. The molecule has 2 aromatic carbocycles. The Morgan fingerprint density at radius 1 is 1.24 bits per heavy atom. The van der Waals surface area contributed by atoms with Gasteiger partial charge in [0, 0.05) is 6.54 Å². The molecule has 0 spiro atoms. The smallest absolute Gasteiger partial charge is 0.147 e. The first-order valence-corrected chi connectivity index (χ1v) is 7.97. The van der Waals surface area contributed by atoms with Crippen LogP contribution in [0.4, 0.5) is 5.69 Å². The minimum Gasteiger partial charge on any atom is -0.494 e. The van der Waals surface area contributed by atoms with Gasteiger partial charge in [0.25, 0.3) is 0 Å². The summed E-state index contributed by atoms with van der Waals surface area (Å²) in [5.74, 6) is 0.753. The summed E-state index contributed by atoms with van der Waals surface area (Å²) in [5.41, 5.74) is 2.35. The van der Waals surface area contributed by atoms with Gasteiger partial charge in [-0.15, -0.1) is 0 Å². The number of hydrogen-bond donors (Lipinski definition) is 1. The third-order valence-corrected chi connectivity index (χ3v) is 4.35. The quantitative estimate of drug-likeness (QED) is 0.711. The maximum absolute atomic E-state index is 8.92. The fraction of sp³-hybridized carbons (Fsp3) is 0.133. The highest BCUT2D eigenvalue weighted by atomic mass is 79.9. The largest absolute Gasteiger partial charge is 0.494 e. The lowest BCUT2D eigenvalue weighted by molar-refractivity contribution is 0.409. The van der Waals surface area contributed by atoms with Crippen LogP contribution in [0.15, 0.2) is 39.3 Å². The summed E-state index contributed by atoms with van der Waals surface area (Å²) in [6.07, 6.45) is 0. The van der Waals surface area contributed by atoms with E-state index in [-0.39, 0.29) is 0 Å². The van der Waals surface area contributed by atoms with E-state index in [1.54, 1.807) is 25.3 Å². The van der Waals surface area contributed by atoms with Crippen LogP contribution in [-0.2, 0) is 6.54 Å². The van der Waals surface area contributed by atoms with Crippen molar-refractivity contribution in [2.45, 2.75) is 6.54 Å². The standard InChI is InChI=1S/C15H11Br2ClN2O/c1-21-15-11(16)4-10(5-12(15)17)8-20-14-6-9(7-19)2-3-13(14)18/h2-6,20H,8H2,1H3. The van der Waals surface area contributed by atoms with E-state index in [2.05, 4.69) is 43.2 Å². The van der Waals surface area contributed by atoms with Gasteiger partial charge in [-0.25, -0.2) is 0 Å². The summed E-state index contributed by atoms with van der Waals surface area (Å²) in [6, 6.07) is 11.2. The van der Waals surface area contributed by atoms with Gasteiger partial charge >= 0.3 is 0 Å². The average molecular weight is 431 g/mol. The SMILES string of the molecule is COc1c(Br)cc(CNc2cc(C#N)ccc2Cl)cc1Br. The van der Waals surface area contributed by atoms with Gasteiger partial charge in [0.1, 0.15) is 5.75 Å². The van der Waals surface area contributed by atoms with Crippen molar-refractivity contribution in [3.63, 3.8) is 0 Å². The second kappa shape index (κ2) is 7.17. The number of benzene rings is 2. The van der Waals surface area contributed by atoms with E-state index in [1.807, 2.05) is 12.1 Å². The van der Waals surface area contributed by atoms with E-state index >= 15 is 0 Å². The molecular weight excluding hydrogens is 419 g/mol. The molecule has 0 heterocycles. The predicted octanol–water partition coefficient (Wildman–Crippen LogP) is 5.36. The number of halogens is 3. The summed E-state index contributed by atoms with van der Waals surface area (Å²) in [6.45, 7) is 0.579. The van der Waals surface area contributed by atoms with Crippen LogP contribution in [0.25, 0.3) is 0 Å². The minimum atomic E-state index is 0.569. The van der Waals surface area contributed by atoms with Crippen LogP contribution in [0.5, 0.6) is 5.75 Å². The molecule has 0 aromatic heterocycles. The number of nitrogens with zero attached hydrogens (tertiary/aromatic N) is 1. The first-order valence-electron chi connectivity index (χ1n) is 6.00. The Morgan fingerprint density at radius 3 is 2.48 bits per heavy atom. The van der Waals surface area contributed by atoms with E-state index in [0.29, 0.717) is 17.1 Å². The number of rotatable bonds is 4. The van der Waals surface area contributed by atoms with E-state index in [1.165, 1.54) is 0 Å². The van der Waals surface area contributed by atoms with Crippen molar-refractivity contribution in [2.75, 3.05) is 12.4 Å². The van der Waals surface area contributed by atoms with Crippen molar-refractivity contribution < 1.29 is 4.74 Å². The van der Waals surface area contributed by atoms with Gasteiger partial charge < -0.3 is 10.1 Å². The topological polar surface area (TPSA) is 45.0 Å². The van der Waals surface area contributed by atoms with Crippen molar-refractivity contribution in [1.29, 1.82) is 5.26 Å². The molecule has 0 radical (unpaired) electrons. The molecule has 2 aromatic rings. The van der Waals surface area contributed by atoms with Crippen molar-refractivity contribution in [1.82, 2.24) is 0 Å². The molecule has 1 N–H and O–H groups in total. The highest BCUT2D eigenvalue weighted by Gasteiger charge is 2.08. The zero-order chi connectivity index (χ0) is 15.4. The second-order valence-electron chi connectivity index (χ2n) is 4.25. The summed E-state index contributed by atoms with van der Waals surface area (Å²) >= 11 is 13.1. The van der Waals surface area contributed by atoms with Gasteiger partial charge in [-0.2, -0.15) is 5.26 Å². The highest BCUT2D eigenvalue weighted by Crippen LogP contribution is 2.34. The monoisotopic (exact) mass is 428 g/mol. The van der Waals surface area contributed by atoms with E-state index < -0.39 is 0 Å². The first kappa shape index (κ1) is 16.2. The van der Waals surface area contributed by atoms with E-state index in [4.69, 9.17) is 21.6 Å². The molecule has 0 saturated carbocycles. The Morgan fingerprint density at radius 2 is 1.90 bits per heavy atom. The lowest BCUT2D eigenvalue weighted by Crippen LogP contribution is -2.01. The van der Waals surface area contributed by atoms with Gasteiger partial charge in [-0.3, -0.25) is 0 Å². The molecule has 0 fully saturated rings. The Kier molecular flexibility index (Phi) is 5.51. The van der Waals surface area contributed by atoms with Crippen molar-refractivity contribution in [3.8, 4) is 11.8 Å². The van der Waals surface area contributed by atoms with Crippen molar-refractivity contribution in [2.24, 2.45) is 0 Å². The molecule has 108 valence electrons. The lowest BCUT2D eigenvalue weighted by atomic mass is 10.2. The van der Waals surface area contributed by atoms with Crippen LogP contribution in [0, 0.1) is 11.3 Å². The van der Waals surface area contributed by atoms with Crippen LogP contribution in [0.3, 0.4) is 0 Å². The second-order valence-corrected chi connectivity index (χ2v) is 6.37. The van der Waals surface area contributed by atoms with E-state index in [9.17, 15) is 0 Å². The minimum absolute atomic E-state index is 0.569. The molecule has 0 aliphatic heterocycles. The Labute approximate surface area is 145 Å². The third-order valence-electron chi connectivity index (χ3n) is 2.84. The average Bonchev–Trinajstić information content (AvgIpc) is 2.46. The number of methoxy groups -OCH3 is 1. The fourth-order valence-electron chi connectivity index (χ4n) is 1.84. The molecule has 0 aliphatic carbocycles. The predicted molar refractivity (Wildman–Crippen MR) is 91.9 cm³/mol. The maximum atomic E-state index is 8.92. The number of ether oxygens (including phenoxy) is 1. The molecule has 6 heteroatoms. The third kappa shape index (κ3) is 3.91. The van der Waals surface area contributed by atoms with Gasteiger partial charge in [0.15, 0.2) is 0 Å². The molecule has 21 heavy (non-hydrogen) atoms. The summed E-state index contributed by atoms with van der Waals surface area (Å²) in [7, 11) is 1.62. The van der Waals surface area contributed by atoms with Crippen LogP contribution >= 0.6 is 43.5 Å². The number of nitriles is 1. The van der Waals surface area contributed by atoms with Gasteiger partial charge in [-0.1, -0.05) is 11.6 Å². The zero-order valence-electron chi connectivity index (χ0n) is 11.1. The van der Waals surface area contributed by atoms with Crippen LogP contribution in [-0.4, -0.2) is 7.11 Å². The van der Waals surface area contributed by atoms with Crippen molar-refractivity contribution >= 4 is 49.1 Å². The summed E-state index contributed by atoms with van der Waals surface area (Å²) in [5, 5.41) is 12.7. The molecule has 3 nitrogen and oxygen atoms in total. The van der Waals surface area contributed by atoms with Gasteiger partial charge in [0.2, 0.25) is 0 Å². The Hall–Kier alpha value is -1.22. The number of hydrogen-bond acceptors (Lipinski definition) is 3. The van der Waals surface area contributed by atoms with Crippen molar-refractivity contribution in [3.05, 3.63) is 55.4 Å². The molecule has 0 bridgehead atoms. The Balaban J connectivity index is 2.19. The van der Waals surface area contributed by atoms with Crippen LogP contribution in [0.1, 0.15) is 11.1 Å². The molecule has 0 saturated heterocycles. The molecule has 0 aliphatic rings. The summed E-state index contributed by atoms with van der Waals surface area (Å²) in [4.78, 5) is 0. The summed E-state index contributed by atoms with van der Waals surface area (Å²) < 4.78 is 7.01. The molecule has 0 unspecified atom stereocenters. The molecule has 0 atom stereocenters. The normalized spacial score (nSPS) is 10.0. The molecule has 0 amide bonds.